The molecule has 25 nitrogen and oxygen atoms in total. The fourth-order valence-electron chi connectivity index (χ4n) is 10.6. The lowest BCUT2D eigenvalue weighted by Gasteiger charge is -2.40. The largest absolute Gasteiger partial charge is 0.465 e. The van der Waals surface area contributed by atoms with Crippen molar-refractivity contribution in [1.29, 1.82) is 0 Å². The molecular formula is C51H74Cl2F2N18O7S2. The molecule has 3 aliphatic heterocycles. The Morgan fingerprint density at radius 2 is 1.11 bits per heavy atom. The van der Waals surface area contributed by atoms with Crippen molar-refractivity contribution in [1.82, 2.24) is 71.2 Å². The maximum Gasteiger partial charge on any atom is 0.409 e. The van der Waals surface area contributed by atoms with Crippen molar-refractivity contribution < 1.29 is 42.5 Å². The number of ether oxygens (including phenoxy) is 2. The standard InChI is InChI=1S/C28H41ClFN9O4S.C23H33ClFN9O3S/c1-37-10-12-38(13-11-37)39(18-21-31-9-15-44-21)25-23(30)24(33-27(29)34-25)35-36-26(40)20(16-19-6-2-3-7-19)17-32-28(41)43-22-8-4-5-14-42-22;1-32-7-9-33(10-8-32)34(14-17-26-6-11-38-17)20-18(25)19(28-22(24)29-20)30-31-21(35)16(13-27-23(36)37)12-15-4-2-3-5-15/h9,15,19-20,22H,2-8,10-14,16-18H2,1H3,(H,32,41)(H,36,40)(H,33,34,35);6,11,15-16,27H,2-5,7-10,12-14H2,1H3,(H,31,35)(H,36,37)(H,28,29,30)/t20-,22?;16-/m11/s1. The second-order valence-corrected chi connectivity index (χ2v) is 23.7. The Kier molecular flexibility index (Phi) is 23.8. The number of nitrogens with one attached hydrogen (secondary N) is 6. The minimum Gasteiger partial charge on any atom is -0.465 e. The first-order valence-corrected chi connectivity index (χ1v) is 30.5. The van der Waals surface area contributed by atoms with Crippen LogP contribution in [0.5, 0.6) is 0 Å². The number of hydrogen-bond acceptors (Lipinski definition) is 22. The van der Waals surface area contributed by atoms with Gasteiger partial charge in [-0.3, -0.25) is 41.3 Å². The van der Waals surface area contributed by atoms with Crippen LogP contribution in [-0.2, 0) is 32.2 Å². The highest BCUT2D eigenvalue weighted by atomic mass is 35.5. The van der Waals surface area contributed by atoms with E-state index >= 15 is 8.78 Å². The highest BCUT2D eigenvalue weighted by molar-refractivity contribution is 7.09. The Bertz CT molecular complexity index is 2670. The van der Waals surface area contributed by atoms with Gasteiger partial charge >= 0.3 is 12.2 Å². The molecule has 0 radical (unpaired) electrons. The van der Waals surface area contributed by atoms with Gasteiger partial charge in [-0.1, -0.05) is 51.4 Å². The van der Waals surface area contributed by atoms with E-state index in [4.69, 9.17) is 37.8 Å². The molecule has 2 aliphatic carbocycles. The monoisotopic (exact) mass is 1220 g/mol. The molecule has 0 bridgehead atoms. The fraction of sp³-hybridized carbons (Fsp3) is 0.647. The minimum absolute atomic E-state index is 0.0154. The molecule has 7 N–H and O–H groups in total. The molecule has 7 heterocycles. The summed E-state index contributed by atoms with van der Waals surface area (Å²) in [7, 11) is 4.07. The Hall–Kier alpha value is -5.66. The van der Waals surface area contributed by atoms with Crippen molar-refractivity contribution >= 4 is 93.1 Å². The Labute approximate surface area is 493 Å². The summed E-state index contributed by atoms with van der Waals surface area (Å²) in [6.45, 7) is 7.00. The number of hydrazine groups is 4. The first-order chi connectivity index (χ1) is 39.6. The molecule has 5 aliphatic rings. The number of carbonyl (C=O) groups is 4. The van der Waals surface area contributed by atoms with Crippen LogP contribution in [0, 0.1) is 35.3 Å². The van der Waals surface area contributed by atoms with E-state index in [0.29, 0.717) is 77.0 Å². The zero-order valence-electron chi connectivity index (χ0n) is 46.2. The number of rotatable bonds is 23. The molecule has 5 fully saturated rings. The third kappa shape index (κ3) is 18.7. The van der Waals surface area contributed by atoms with Crippen molar-refractivity contribution in [2.75, 3.05) is 107 Å². The van der Waals surface area contributed by atoms with Gasteiger partial charge in [0.15, 0.2) is 23.3 Å². The zero-order valence-corrected chi connectivity index (χ0v) is 49.3. The number of nitrogens with zero attached hydrogens (tertiary/aromatic N) is 12. The molecule has 4 amide bonds. The number of anilines is 4. The smallest absolute Gasteiger partial charge is 0.409 e. The van der Waals surface area contributed by atoms with Crippen LogP contribution >= 0.6 is 45.9 Å². The second-order valence-electron chi connectivity index (χ2n) is 21.1. The van der Waals surface area contributed by atoms with E-state index in [-0.39, 0.29) is 46.9 Å². The normalized spacial score (nSPS) is 19.3. The van der Waals surface area contributed by atoms with Gasteiger partial charge in [0.05, 0.1) is 31.5 Å². The summed E-state index contributed by atoms with van der Waals surface area (Å²) in [6, 6.07) is 0. The summed E-state index contributed by atoms with van der Waals surface area (Å²) < 4.78 is 42.7. The molecule has 0 aromatic carbocycles. The van der Waals surface area contributed by atoms with Gasteiger partial charge < -0.3 is 35.0 Å². The average Bonchev–Trinajstić information content (AvgIpc) is 4.39. The van der Waals surface area contributed by atoms with Crippen LogP contribution in [0.4, 0.5) is 41.6 Å². The number of carboxylic acid groups (broad SMARTS) is 1. The van der Waals surface area contributed by atoms with Gasteiger partial charge in [0.25, 0.3) is 0 Å². The number of likely N-dealkylation sites (N-methyl/N-ethyl adjacent to an activating group) is 2. The number of thiazole rings is 2. The highest BCUT2D eigenvalue weighted by Crippen LogP contribution is 2.33. The van der Waals surface area contributed by atoms with E-state index in [1.165, 1.54) is 22.7 Å². The average molecular weight is 1220 g/mol. The van der Waals surface area contributed by atoms with Gasteiger partial charge in [0, 0.05) is 95.0 Å². The Morgan fingerprint density at radius 3 is 1.51 bits per heavy atom. The molecule has 1 unspecified atom stereocenters. The summed E-state index contributed by atoms with van der Waals surface area (Å²) in [4.78, 5) is 79.4. The molecule has 2 saturated carbocycles. The lowest BCUT2D eigenvalue weighted by Crippen LogP contribution is -2.53. The molecular weight excluding hydrogens is 1150 g/mol. The van der Waals surface area contributed by atoms with Gasteiger partial charge in [0.1, 0.15) is 10.0 Å². The molecule has 82 heavy (non-hydrogen) atoms. The van der Waals surface area contributed by atoms with Gasteiger partial charge in [-0.2, -0.15) is 28.7 Å². The first-order valence-electron chi connectivity index (χ1n) is 27.9. The number of aromatic nitrogens is 6. The maximum atomic E-state index is 16.0. The molecule has 0 spiro atoms. The summed E-state index contributed by atoms with van der Waals surface area (Å²) in [6.07, 6.45) is 13.1. The topological polar surface area (TPSA) is 276 Å². The van der Waals surface area contributed by atoms with Crippen LogP contribution in [0.2, 0.25) is 10.6 Å². The van der Waals surface area contributed by atoms with Gasteiger partial charge in [-0.15, -0.1) is 22.7 Å². The number of hydrogen-bond donors (Lipinski definition) is 7. The number of piperazine rings is 2. The highest BCUT2D eigenvalue weighted by Gasteiger charge is 2.33. The van der Waals surface area contributed by atoms with E-state index in [1.807, 2.05) is 34.9 Å². The van der Waals surface area contributed by atoms with Gasteiger partial charge in [-0.05, 0) is 74.8 Å². The lowest BCUT2D eigenvalue weighted by molar-refractivity contribution is -0.128. The molecule has 450 valence electrons. The molecule has 4 aromatic heterocycles. The van der Waals surface area contributed by atoms with E-state index in [9.17, 15) is 19.2 Å². The van der Waals surface area contributed by atoms with Crippen molar-refractivity contribution in [2.45, 2.75) is 103 Å². The van der Waals surface area contributed by atoms with E-state index in [2.05, 4.69) is 72.0 Å². The van der Waals surface area contributed by atoms with E-state index in [0.717, 1.165) is 100 Å². The van der Waals surface area contributed by atoms with Crippen molar-refractivity contribution in [3.63, 3.8) is 0 Å². The fourth-order valence-corrected chi connectivity index (χ4v) is 12.2. The summed E-state index contributed by atoms with van der Waals surface area (Å²) >= 11 is 15.4. The molecule has 3 atom stereocenters. The predicted molar refractivity (Wildman–Crippen MR) is 306 cm³/mol. The number of alkyl carbamates (subject to hydrolysis) is 1. The third-order valence-electron chi connectivity index (χ3n) is 15.2. The van der Waals surface area contributed by atoms with Crippen molar-refractivity contribution in [3.8, 4) is 0 Å². The quantitative estimate of drug-likeness (QED) is 0.0305. The molecule has 4 aromatic rings. The van der Waals surface area contributed by atoms with Gasteiger partial charge in [0.2, 0.25) is 40.3 Å². The minimum atomic E-state index is -1.20. The van der Waals surface area contributed by atoms with Crippen molar-refractivity contribution in [3.05, 3.63) is 55.4 Å². The van der Waals surface area contributed by atoms with E-state index in [1.54, 1.807) is 22.4 Å². The maximum absolute atomic E-state index is 16.0. The Morgan fingerprint density at radius 1 is 0.671 bits per heavy atom. The molecule has 3 saturated heterocycles. The molecule has 9 rings (SSSR count). The predicted octanol–water partition coefficient (Wildman–Crippen LogP) is 6.59. The van der Waals surface area contributed by atoms with Crippen molar-refractivity contribution in [2.24, 2.45) is 23.7 Å². The van der Waals surface area contributed by atoms with Gasteiger partial charge in [-0.25, -0.2) is 29.6 Å². The Balaban J connectivity index is 0.000000217. The number of halogens is 4. The van der Waals surface area contributed by atoms with Crippen LogP contribution in [0.15, 0.2) is 23.2 Å². The van der Waals surface area contributed by atoms with E-state index < -0.39 is 53.8 Å². The van der Waals surface area contributed by atoms with Crippen LogP contribution in [0.3, 0.4) is 0 Å². The zero-order chi connectivity index (χ0) is 58.0. The van der Waals surface area contributed by atoms with Crippen LogP contribution < -0.4 is 42.4 Å². The third-order valence-corrected chi connectivity index (χ3v) is 17.1. The van der Waals surface area contributed by atoms with Crippen LogP contribution in [0.25, 0.3) is 0 Å². The first kappa shape index (κ1) is 62.4. The van der Waals surface area contributed by atoms with Crippen LogP contribution in [-0.4, -0.2) is 171 Å². The lowest BCUT2D eigenvalue weighted by atomic mass is 9.92. The number of carbonyl (C=O) groups excluding carboxylic acids is 3. The molecule has 31 heteroatoms. The SMILES string of the molecule is CN1CCN(N(Cc2nccs2)c2nc(Cl)nc(NNC(=O)[C@@H](CNC(=O)O)CC3CCCC3)c2F)CC1.CN1CCN(N(Cc2nccs2)c2nc(Cl)nc(NNC(=O)[C@@H](CNC(=O)OC3CCCCO3)CC3CCCC3)c2F)CC1. The number of amides is 4. The summed E-state index contributed by atoms with van der Waals surface area (Å²) in [5.41, 5.74) is 10.3. The second kappa shape index (κ2) is 31.3. The van der Waals surface area contributed by atoms with Crippen LogP contribution in [0.1, 0.15) is 93.5 Å². The summed E-state index contributed by atoms with van der Waals surface area (Å²) in [5, 5.41) is 26.4. The summed E-state index contributed by atoms with van der Waals surface area (Å²) in [5.74, 6) is -3.45.